The van der Waals surface area contributed by atoms with Crippen LogP contribution in [-0.2, 0) is 9.47 Å². The third kappa shape index (κ3) is 3.89. The monoisotopic (exact) mass is 194 g/mol. The van der Waals surface area contributed by atoms with Crippen LogP contribution in [0.4, 0.5) is 0 Å². The molecule has 0 aromatic carbocycles. The van der Waals surface area contributed by atoms with E-state index in [0.717, 1.165) is 31.6 Å². The zero-order valence-electron chi connectivity index (χ0n) is 5.31. The molecule has 0 bridgehead atoms. The SMILES string of the molecule is BrCCCOCC1CO1. The zero-order valence-corrected chi connectivity index (χ0v) is 6.89. The van der Waals surface area contributed by atoms with Crippen molar-refractivity contribution in [3.63, 3.8) is 0 Å². The van der Waals surface area contributed by atoms with Crippen LogP contribution >= 0.6 is 15.9 Å². The minimum absolute atomic E-state index is 0.417. The summed E-state index contributed by atoms with van der Waals surface area (Å²) in [5.41, 5.74) is 0. The molecule has 0 spiro atoms. The summed E-state index contributed by atoms with van der Waals surface area (Å²) < 4.78 is 10.2. The van der Waals surface area contributed by atoms with Crippen LogP contribution in [-0.4, -0.2) is 31.3 Å². The van der Waals surface area contributed by atoms with Crippen molar-refractivity contribution in [3.8, 4) is 0 Å². The number of hydrogen-bond donors (Lipinski definition) is 0. The number of hydrogen-bond acceptors (Lipinski definition) is 2. The highest BCUT2D eigenvalue weighted by atomic mass is 79.9. The van der Waals surface area contributed by atoms with E-state index in [1.54, 1.807) is 0 Å². The molecule has 0 aliphatic carbocycles. The van der Waals surface area contributed by atoms with Gasteiger partial charge < -0.3 is 9.47 Å². The van der Waals surface area contributed by atoms with Gasteiger partial charge in [0.15, 0.2) is 0 Å². The lowest BCUT2D eigenvalue weighted by Gasteiger charge is -1.97. The lowest BCUT2D eigenvalue weighted by atomic mass is 10.5. The van der Waals surface area contributed by atoms with Crippen LogP contribution in [0.2, 0.25) is 0 Å². The van der Waals surface area contributed by atoms with Gasteiger partial charge >= 0.3 is 0 Å². The smallest absolute Gasteiger partial charge is 0.104 e. The maximum absolute atomic E-state index is 5.24. The van der Waals surface area contributed by atoms with Crippen molar-refractivity contribution in [1.82, 2.24) is 0 Å². The molecule has 0 saturated carbocycles. The normalized spacial score (nSPS) is 24.3. The average Bonchev–Trinajstić information content (AvgIpc) is 2.63. The Morgan fingerprint density at radius 1 is 1.67 bits per heavy atom. The second kappa shape index (κ2) is 4.25. The van der Waals surface area contributed by atoms with Crippen LogP contribution in [0.25, 0.3) is 0 Å². The van der Waals surface area contributed by atoms with Crippen molar-refractivity contribution in [2.45, 2.75) is 12.5 Å². The summed E-state index contributed by atoms with van der Waals surface area (Å²) in [7, 11) is 0. The maximum Gasteiger partial charge on any atom is 0.104 e. The fourth-order valence-electron chi connectivity index (χ4n) is 0.536. The Labute approximate surface area is 63.7 Å². The third-order valence-electron chi connectivity index (χ3n) is 1.13. The summed E-state index contributed by atoms with van der Waals surface area (Å²) >= 11 is 3.32. The molecule has 2 nitrogen and oxygen atoms in total. The number of alkyl halides is 1. The summed E-state index contributed by atoms with van der Waals surface area (Å²) in [5.74, 6) is 0. The molecule has 0 aromatic rings. The van der Waals surface area contributed by atoms with Gasteiger partial charge in [0.25, 0.3) is 0 Å². The number of halogens is 1. The lowest BCUT2D eigenvalue weighted by Crippen LogP contribution is -2.02. The van der Waals surface area contributed by atoms with Crippen molar-refractivity contribution in [2.24, 2.45) is 0 Å². The topological polar surface area (TPSA) is 21.8 Å². The summed E-state index contributed by atoms with van der Waals surface area (Å²) in [6.07, 6.45) is 1.51. The number of rotatable bonds is 5. The molecule has 3 heteroatoms. The van der Waals surface area contributed by atoms with Gasteiger partial charge in [0.05, 0.1) is 13.2 Å². The van der Waals surface area contributed by atoms with E-state index < -0.39 is 0 Å². The Bertz CT molecular complexity index is 73.5. The molecule has 9 heavy (non-hydrogen) atoms. The highest BCUT2D eigenvalue weighted by molar-refractivity contribution is 9.09. The van der Waals surface area contributed by atoms with Gasteiger partial charge in [-0.2, -0.15) is 0 Å². The van der Waals surface area contributed by atoms with E-state index in [9.17, 15) is 0 Å². The summed E-state index contributed by atoms with van der Waals surface area (Å²) in [4.78, 5) is 0. The highest BCUT2D eigenvalue weighted by Gasteiger charge is 2.21. The van der Waals surface area contributed by atoms with Crippen LogP contribution in [0.15, 0.2) is 0 Å². The molecule has 1 saturated heterocycles. The molecule has 0 N–H and O–H groups in total. The second-order valence-electron chi connectivity index (χ2n) is 2.07. The van der Waals surface area contributed by atoms with E-state index in [1.807, 2.05) is 0 Å². The fraction of sp³-hybridized carbons (Fsp3) is 1.00. The molecule has 1 aliphatic heterocycles. The minimum Gasteiger partial charge on any atom is -0.379 e. The van der Waals surface area contributed by atoms with Gasteiger partial charge in [0.1, 0.15) is 6.10 Å². The van der Waals surface area contributed by atoms with Gasteiger partial charge in [0, 0.05) is 11.9 Å². The Kier molecular flexibility index (Phi) is 3.55. The predicted molar refractivity (Wildman–Crippen MR) is 39.0 cm³/mol. The van der Waals surface area contributed by atoms with E-state index in [0.29, 0.717) is 6.10 Å². The molecular formula is C6H11BrO2. The van der Waals surface area contributed by atoms with Crippen molar-refractivity contribution in [3.05, 3.63) is 0 Å². The quantitative estimate of drug-likeness (QED) is 0.373. The minimum atomic E-state index is 0.417. The molecule has 1 heterocycles. The van der Waals surface area contributed by atoms with Gasteiger partial charge in [-0.1, -0.05) is 15.9 Å². The largest absolute Gasteiger partial charge is 0.379 e. The van der Waals surface area contributed by atoms with Crippen LogP contribution in [0.3, 0.4) is 0 Å². The molecular weight excluding hydrogens is 184 g/mol. The molecule has 1 rings (SSSR count). The number of epoxide rings is 1. The van der Waals surface area contributed by atoms with Crippen LogP contribution in [0.5, 0.6) is 0 Å². The number of ether oxygens (including phenoxy) is 2. The third-order valence-corrected chi connectivity index (χ3v) is 1.69. The first kappa shape index (κ1) is 7.51. The standard InChI is InChI=1S/C6H11BrO2/c7-2-1-3-8-4-6-5-9-6/h6H,1-5H2. The molecule has 54 valence electrons. The van der Waals surface area contributed by atoms with Gasteiger partial charge in [-0.25, -0.2) is 0 Å². The van der Waals surface area contributed by atoms with Gasteiger partial charge in [-0.15, -0.1) is 0 Å². The Morgan fingerprint density at radius 3 is 3.00 bits per heavy atom. The molecule has 1 fully saturated rings. The predicted octanol–water partition coefficient (Wildman–Crippen LogP) is 1.19. The summed E-state index contributed by atoms with van der Waals surface area (Å²) in [6.45, 7) is 2.53. The van der Waals surface area contributed by atoms with E-state index >= 15 is 0 Å². The first-order valence-electron chi connectivity index (χ1n) is 3.19. The Balaban J connectivity index is 1.71. The first-order valence-corrected chi connectivity index (χ1v) is 4.31. The van der Waals surface area contributed by atoms with Gasteiger partial charge in [-0.05, 0) is 6.42 Å². The van der Waals surface area contributed by atoms with Crippen molar-refractivity contribution in [2.75, 3.05) is 25.2 Å². The molecule has 0 radical (unpaired) electrons. The fourth-order valence-corrected chi connectivity index (χ4v) is 0.765. The molecule has 1 aliphatic rings. The molecule has 1 atom stereocenters. The van der Waals surface area contributed by atoms with Crippen molar-refractivity contribution < 1.29 is 9.47 Å². The Morgan fingerprint density at radius 2 is 2.44 bits per heavy atom. The van der Waals surface area contributed by atoms with E-state index in [1.165, 1.54) is 0 Å². The second-order valence-corrected chi connectivity index (χ2v) is 2.87. The maximum atomic E-state index is 5.24. The van der Waals surface area contributed by atoms with Crippen LogP contribution in [0.1, 0.15) is 6.42 Å². The van der Waals surface area contributed by atoms with E-state index in [4.69, 9.17) is 9.47 Å². The van der Waals surface area contributed by atoms with Crippen LogP contribution < -0.4 is 0 Å². The lowest BCUT2D eigenvalue weighted by molar-refractivity contribution is 0.118. The van der Waals surface area contributed by atoms with E-state index in [-0.39, 0.29) is 0 Å². The van der Waals surface area contributed by atoms with E-state index in [2.05, 4.69) is 15.9 Å². The molecule has 1 unspecified atom stereocenters. The van der Waals surface area contributed by atoms with Gasteiger partial charge in [0.2, 0.25) is 0 Å². The van der Waals surface area contributed by atoms with Crippen molar-refractivity contribution in [1.29, 1.82) is 0 Å². The zero-order chi connectivity index (χ0) is 6.53. The summed E-state index contributed by atoms with van der Waals surface area (Å²) in [5, 5.41) is 1.03. The van der Waals surface area contributed by atoms with Crippen LogP contribution in [0, 0.1) is 0 Å². The van der Waals surface area contributed by atoms with Crippen molar-refractivity contribution >= 4 is 15.9 Å². The first-order chi connectivity index (χ1) is 4.43. The molecule has 0 aromatic heterocycles. The van der Waals surface area contributed by atoms with Gasteiger partial charge in [-0.3, -0.25) is 0 Å². The Hall–Kier alpha value is 0.400. The molecule has 0 amide bonds. The summed E-state index contributed by atoms with van der Waals surface area (Å²) in [6, 6.07) is 0. The average molecular weight is 195 g/mol. The highest BCUT2D eigenvalue weighted by Crippen LogP contribution is 2.08.